The summed E-state index contributed by atoms with van der Waals surface area (Å²) in [5.74, 6) is -2.35. The van der Waals surface area contributed by atoms with Crippen LogP contribution in [0.3, 0.4) is 0 Å². The van der Waals surface area contributed by atoms with E-state index in [0.29, 0.717) is 25.2 Å². The number of carbonyl (C=O) groups is 3. The smallest absolute Gasteiger partial charge is 0.407 e. The Morgan fingerprint density at radius 3 is 2.29 bits per heavy atom. The molecule has 3 N–H and O–H groups in total. The molecule has 2 fully saturated rings. The van der Waals surface area contributed by atoms with Crippen molar-refractivity contribution in [1.29, 1.82) is 0 Å². The fourth-order valence-electron chi connectivity index (χ4n) is 4.35. The number of hydrogen-bond acceptors (Lipinski definition) is 4. The van der Waals surface area contributed by atoms with E-state index in [-0.39, 0.29) is 31.2 Å². The van der Waals surface area contributed by atoms with Crippen LogP contribution in [0.1, 0.15) is 50.1 Å². The lowest BCUT2D eigenvalue weighted by molar-refractivity contribution is -0.148. The molecule has 0 saturated carbocycles. The number of rotatable bonds is 6. The average molecular weight is 396 g/mol. The maximum absolute atomic E-state index is 13.6. The van der Waals surface area contributed by atoms with E-state index >= 15 is 0 Å². The fourth-order valence-corrected chi connectivity index (χ4v) is 4.35. The molecular weight excluding hydrogens is 374 g/mol. The zero-order chi connectivity index (χ0) is 20.5. The van der Waals surface area contributed by atoms with E-state index in [1.165, 1.54) is 4.90 Å². The summed E-state index contributed by atoms with van der Waals surface area (Å²) >= 11 is 0. The summed E-state index contributed by atoms with van der Waals surface area (Å²) in [6, 6.07) is 1.08. The molecule has 3 unspecified atom stereocenters. The van der Waals surface area contributed by atoms with Gasteiger partial charge in [-0.25, -0.2) is 13.6 Å². The van der Waals surface area contributed by atoms with Gasteiger partial charge in [-0.05, 0) is 37.0 Å². The number of amides is 2. The molecule has 2 aliphatic heterocycles. The van der Waals surface area contributed by atoms with Crippen molar-refractivity contribution in [3.8, 4) is 0 Å². The summed E-state index contributed by atoms with van der Waals surface area (Å²) in [6.07, 6.45) is 0.775. The highest BCUT2D eigenvalue weighted by Gasteiger charge is 2.53. The van der Waals surface area contributed by atoms with Crippen LogP contribution < -0.4 is 5.32 Å². The summed E-state index contributed by atoms with van der Waals surface area (Å²) in [4.78, 5) is 36.2. The Hall–Kier alpha value is -2.55. The normalized spacial score (nSPS) is 27.3. The minimum Gasteiger partial charge on any atom is -0.465 e. The largest absolute Gasteiger partial charge is 0.465 e. The number of carboxylic acid groups (broad SMARTS) is 1. The molecule has 3 atom stereocenters. The number of hydrogen-bond donors (Lipinski definition) is 3. The third-order valence-corrected chi connectivity index (χ3v) is 5.58. The quantitative estimate of drug-likeness (QED) is 0.639. The van der Waals surface area contributed by atoms with E-state index in [1.54, 1.807) is 0 Å². The maximum atomic E-state index is 13.6. The molecule has 0 spiro atoms. The van der Waals surface area contributed by atoms with E-state index in [1.807, 2.05) is 0 Å². The van der Waals surface area contributed by atoms with Crippen LogP contribution in [0.2, 0.25) is 0 Å². The molecule has 2 heterocycles. The predicted molar refractivity (Wildman–Crippen MR) is 93.4 cm³/mol. The van der Waals surface area contributed by atoms with Crippen LogP contribution in [0.4, 0.5) is 13.6 Å². The second-order valence-corrected chi connectivity index (χ2v) is 7.49. The van der Waals surface area contributed by atoms with Crippen LogP contribution in [-0.4, -0.2) is 51.1 Å². The number of fused-ring (bicyclic) bond motifs is 2. The molecule has 0 radical (unpaired) electrons. The molecule has 2 aliphatic rings. The van der Waals surface area contributed by atoms with Gasteiger partial charge in [0.1, 0.15) is 23.5 Å². The second kappa shape index (κ2) is 7.83. The summed E-state index contributed by atoms with van der Waals surface area (Å²) < 4.78 is 27.1. The Balaban J connectivity index is 1.78. The van der Waals surface area contributed by atoms with Gasteiger partial charge in [-0.3, -0.25) is 4.79 Å². The van der Waals surface area contributed by atoms with Crippen LogP contribution in [0, 0.1) is 11.6 Å². The molecule has 1 aromatic rings. The number of piperidine rings is 1. The van der Waals surface area contributed by atoms with Crippen molar-refractivity contribution in [3.63, 3.8) is 0 Å². The number of halogens is 2. The lowest BCUT2D eigenvalue weighted by Gasteiger charge is -2.41. The highest BCUT2D eigenvalue weighted by Crippen LogP contribution is 2.41. The SMILES string of the molecule is O=CCCC(NC(=O)C1(O)CC2CCC(C1)N2C(=O)O)c1cc(F)cc(F)c1. The number of aldehydes is 1. The van der Waals surface area contributed by atoms with Gasteiger partial charge in [-0.1, -0.05) is 0 Å². The number of benzene rings is 1. The Morgan fingerprint density at radius 2 is 1.79 bits per heavy atom. The minimum absolute atomic E-state index is 0.0421. The molecule has 152 valence electrons. The Morgan fingerprint density at radius 1 is 1.21 bits per heavy atom. The van der Waals surface area contributed by atoms with E-state index in [0.717, 1.165) is 12.1 Å². The topological polar surface area (TPSA) is 107 Å². The lowest BCUT2D eigenvalue weighted by Crippen LogP contribution is -2.59. The Labute approximate surface area is 160 Å². The molecule has 7 nitrogen and oxygen atoms in total. The molecule has 2 amide bonds. The van der Waals surface area contributed by atoms with Gasteiger partial charge in [0.25, 0.3) is 5.91 Å². The summed E-state index contributed by atoms with van der Waals surface area (Å²) in [7, 11) is 0. The number of nitrogens with zero attached hydrogens (tertiary/aromatic N) is 1. The molecule has 28 heavy (non-hydrogen) atoms. The van der Waals surface area contributed by atoms with Crippen molar-refractivity contribution in [3.05, 3.63) is 35.4 Å². The van der Waals surface area contributed by atoms with E-state index < -0.39 is 47.4 Å². The van der Waals surface area contributed by atoms with Crippen LogP contribution >= 0.6 is 0 Å². The van der Waals surface area contributed by atoms with Crippen molar-refractivity contribution < 1.29 is 33.4 Å². The van der Waals surface area contributed by atoms with Crippen molar-refractivity contribution in [2.24, 2.45) is 0 Å². The second-order valence-electron chi connectivity index (χ2n) is 7.49. The van der Waals surface area contributed by atoms with Crippen molar-refractivity contribution >= 4 is 18.3 Å². The van der Waals surface area contributed by atoms with Crippen LogP contribution in [-0.2, 0) is 9.59 Å². The number of aliphatic hydroxyl groups is 1. The molecule has 2 bridgehead atoms. The van der Waals surface area contributed by atoms with Gasteiger partial charge in [0.05, 0.1) is 6.04 Å². The predicted octanol–water partition coefficient (Wildman–Crippen LogP) is 2.14. The Kier molecular flexibility index (Phi) is 5.64. The van der Waals surface area contributed by atoms with Gasteiger partial charge in [-0.2, -0.15) is 0 Å². The highest BCUT2D eigenvalue weighted by molar-refractivity contribution is 5.86. The molecule has 9 heteroatoms. The fraction of sp³-hybridized carbons (Fsp3) is 0.526. The van der Waals surface area contributed by atoms with Crippen LogP contribution in [0.25, 0.3) is 0 Å². The number of nitrogens with one attached hydrogen (secondary N) is 1. The lowest BCUT2D eigenvalue weighted by atomic mass is 9.85. The van der Waals surface area contributed by atoms with Gasteiger partial charge in [-0.15, -0.1) is 0 Å². The average Bonchev–Trinajstić information content (AvgIpc) is 2.90. The van der Waals surface area contributed by atoms with E-state index in [2.05, 4.69) is 5.32 Å². The zero-order valence-corrected chi connectivity index (χ0v) is 15.1. The molecule has 0 aliphatic carbocycles. The molecule has 0 aromatic heterocycles. The van der Waals surface area contributed by atoms with E-state index in [4.69, 9.17) is 0 Å². The monoisotopic (exact) mass is 396 g/mol. The molecule has 3 rings (SSSR count). The highest BCUT2D eigenvalue weighted by atomic mass is 19.1. The molecule has 1 aromatic carbocycles. The minimum atomic E-state index is -1.77. The third-order valence-electron chi connectivity index (χ3n) is 5.58. The summed E-state index contributed by atoms with van der Waals surface area (Å²) in [5.41, 5.74) is -1.62. The zero-order valence-electron chi connectivity index (χ0n) is 15.1. The van der Waals surface area contributed by atoms with Crippen LogP contribution in [0.15, 0.2) is 18.2 Å². The van der Waals surface area contributed by atoms with Gasteiger partial charge in [0.2, 0.25) is 0 Å². The van der Waals surface area contributed by atoms with Crippen LogP contribution in [0.5, 0.6) is 0 Å². The standard InChI is InChI=1S/C19H22F2N2O5/c20-12-6-11(7-13(21)8-12)16(2-1-5-24)22-17(25)19(28)9-14-3-4-15(10-19)23(14)18(26)27/h5-8,14-16,28H,1-4,9-10H2,(H,22,25)(H,26,27). The maximum Gasteiger partial charge on any atom is 0.407 e. The molecule has 2 saturated heterocycles. The van der Waals surface area contributed by atoms with Gasteiger partial charge < -0.3 is 25.2 Å². The van der Waals surface area contributed by atoms with Gasteiger partial charge >= 0.3 is 6.09 Å². The van der Waals surface area contributed by atoms with E-state index in [9.17, 15) is 33.4 Å². The number of carbonyl (C=O) groups excluding carboxylic acids is 2. The van der Waals surface area contributed by atoms with Gasteiger partial charge in [0.15, 0.2) is 0 Å². The van der Waals surface area contributed by atoms with Crippen molar-refractivity contribution in [1.82, 2.24) is 10.2 Å². The summed E-state index contributed by atoms with van der Waals surface area (Å²) in [5, 5.41) is 22.8. The Bertz CT molecular complexity index is 753. The third kappa shape index (κ3) is 3.99. The molecular formula is C19H22F2N2O5. The summed E-state index contributed by atoms with van der Waals surface area (Å²) in [6.45, 7) is 0. The first-order valence-electron chi connectivity index (χ1n) is 9.18. The first-order valence-corrected chi connectivity index (χ1v) is 9.18. The first kappa shape index (κ1) is 20.2. The van der Waals surface area contributed by atoms with Crippen molar-refractivity contribution in [2.75, 3.05) is 0 Å². The van der Waals surface area contributed by atoms with Crippen molar-refractivity contribution in [2.45, 2.75) is 62.3 Å². The van der Waals surface area contributed by atoms with Gasteiger partial charge in [0, 0.05) is 37.4 Å². The first-order chi connectivity index (χ1) is 13.2.